The topological polar surface area (TPSA) is 96.5 Å². The monoisotopic (exact) mass is 423 g/mol. The highest BCUT2D eigenvalue weighted by Gasteiger charge is 2.31. The molecule has 0 bridgehead atoms. The zero-order valence-corrected chi connectivity index (χ0v) is 16.0. The summed E-state index contributed by atoms with van der Waals surface area (Å²) >= 11 is 3.33. The van der Waals surface area contributed by atoms with Crippen molar-refractivity contribution < 1.29 is 19.2 Å². The summed E-state index contributed by atoms with van der Waals surface area (Å²) in [5.41, 5.74) is 1.65. The van der Waals surface area contributed by atoms with Gasteiger partial charge in [0.15, 0.2) is 0 Å². The van der Waals surface area contributed by atoms with E-state index in [0.717, 1.165) is 12.0 Å². The summed E-state index contributed by atoms with van der Waals surface area (Å²) in [5.74, 6) is -0.553. The average molecular weight is 424 g/mol. The third-order valence-corrected chi connectivity index (χ3v) is 5.13. The van der Waals surface area contributed by atoms with Crippen LogP contribution in [0.15, 0.2) is 22.8 Å². The molecule has 0 aliphatic carbocycles. The second kappa shape index (κ2) is 7.55. The summed E-state index contributed by atoms with van der Waals surface area (Å²) in [7, 11) is 0. The Bertz CT molecular complexity index is 858. The quantitative estimate of drug-likeness (QED) is 0.413. The number of rotatable bonds is 5. The number of hydrogen-bond donors (Lipinski definition) is 0. The first-order chi connectivity index (χ1) is 12.4. The first-order valence-electron chi connectivity index (χ1n) is 8.21. The summed E-state index contributed by atoms with van der Waals surface area (Å²) in [4.78, 5) is 23.6. The van der Waals surface area contributed by atoms with Crippen LogP contribution in [-0.4, -0.2) is 40.5 Å². The van der Waals surface area contributed by atoms with Gasteiger partial charge in [0.25, 0.3) is 5.69 Å². The van der Waals surface area contributed by atoms with Crippen LogP contribution in [0.1, 0.15) is 35.3 Å². The highest BCUT2D eigenvalue weighted by atomic mass is 79.9. The fraction of sp³-hybridized carbons (Fsp3) is 0.412. The molecule has 1 aliphatic rings. The van der Waals surface area contributed by atoms with Gasteiger partial charge in [-0.05, 0) is 31.9 Å². The number of aromatic nitrogens is 2. The van der Waals surface area contributed by atoms with E-state index in [-0.39, 0.29) is 23.9 Å². The second-order valence-corrected chi connectivity index (χ2v) is 6.82. The first kappa shape index (κ1) is 18.5. The average Bonchev–Trinajstić information content (AvgIpc) is 3.25. The molecule has 9 heteroatoms. The number of benzene rings is 1. The number of halogens is 1. The third-order valence-electron chi connectivity index (χ3n) is 4.27. The van der Waals surface area contributed by atoms with Crippen molar-refractivity contribution in [1.82, 2.24) is 9.78 Å². The van der Waals surface area contributed by atoms with E-state index in [0.29, 0.717) is 28.9 Å². The maximum atomic E-state index is 12.4. The molecule has 0 amide bonds. The molecular weight excluding hydrogens is 406 g/mol. The van der Waals surface area contributed by atoms with Crippen LogP contribution in [0, 0.1) is 17.0 Å². The molecular formula is C17H18BrN3O5. The lowest BCUT2D eigenvalue weighted by atomic mass is 10.0. The maximum absolute atomic E-state index is 12.4. The number of nitro groups is 1. The van der Waals surface area contributed by atoms with Crippen LogP contribution in [0.3, 0.4) is 0 Å². The van der Waals surface area contributed by atoms with E-state index in [1.165, 1.54) is 12.3 Å². The van der Waals surface area contributed by atoms with E-state index in [4.69, 9.17) is 9.47 Å². The van der Waals surface area contributed by atoms with Crippen molar-refractivity contribution >= 4 is 27.6 Å². The Labute approximate surface area is 158 Å². The lowest BCUT2D eigenvalue weighted by molar-refractivity contribution is -0.384. The molecule has 1 saturated heterocycles. The molecule has 0 unspecified atom stereocenters. The number of ether oxygens (including phenoxy) is 2. The van der Waals surface area contributed by atoms with Crippen molar-refractivity contribution in [2.75, 3.05) is 19.8 Å². The van der Waals surface area contributed by atoms with Crippen molar-refractivity contribution in [3.8, 4) is 11.3 Å². The minimum Gasteiger partial charge on any atom is -0.462 e. The maximum Gasteiger partial charge on any atom is 0.341 e. The van der Waals surface area contributed by atoms with Crippen LogP contribution in [0.4, 0.5) is 5.69 Å². The Morgan fingerprint density at radius 1 is 1.54 bits per heavy atom. The molecule has 0 radical (unpaired) electrons. The SMILES string of the molecule is CCOC(=O)c1cnn([C@H]2CCOC2)c1-c1cc(C)c(Br)cc1[N+](=O)[O-]. The van der Waals surface area contributed by atoms with Crippen LogP contribution in [-0.2, 0) is 9.47 Å². The van der Waals surface area contributed by atoms with E-state index < -0.39 is 10.9 Å². The molecule has 2 aromatic rings. The van der Waals surface area contributed by atoms with E-state index in [2.05, 4.69) is 21.0 Å². The Balaban J connectivity index is 2.25. The summed E-state index contributed by atoms with van der Waals surface area (Å²) in [6, 6.07) is 3.05. The molecule has 1 atom stereocenters. The molecule has 0 spiro atoms. The fourth-order valence-electron chi connectivity index (χ4n) is 2.99. The summed E-state index contributed by atoms with van der Waals surface area (Å²) < 4.78 is 12.8. The Morgan fingerprint density at radius 2 is 2.31 bits per heavy atom. The van der Waals surface area contributed by atoms with Crippen molar-refractivity contribution in [3.63, 3.8) is 0 Å². The van der Waals surface area contributed by atoms with E-state index >= 15 is 0 Å². The van der Waals surface area contributed by atoms with Crippen LogP contribution < -0.4 is 0 Å². The van der Waals surface area contributed by atoms with Crippen molar-refractivity contribution in [3.05, 3.63) is 44.0 Å². The first-order valence-corrected chi connectivity index (χ1v) is 9.00. The highest BCUT2D eigenvalue weighted by Crippen LogP contribution is 2.38. The van der Waals surface area contributed by atoms with Gasteiger partial charge in [-0.15, -0.1) is 0 Å². The van der Waals surface area contributed by atoms with Gasteiger partial charge in [0, 0.05) is 17.1 Å². The molecule has 1 fully saturated rings. The zero-order chi connectivity index (χ0) is 18.8. The smallest absolute Gasteiger partial charge is 0.341 e. The summed E-state index contributed by atoms with van der Waals surface area (Å²) in [6.45, 7) is 4.78. The fourth-order valence-corrected chi connectivity index (χ4v) is 3.32. The predicted octanol–water partition coefficient (Wildman–Crippen LogP) is 3.67. The van der Waals surface area contributed by atoms with Crippen LogP contribution in [0.25, 0.3) is 11.3 Å². The van der Waals surface area contributed by atoms with Gasteiger partial charge < -0.3 is 9.47 Å². The van der Waals surface area contributed by atoms with Gasteiger partial charge in [0.05, 0.1) is 41.6 Å². The predicted molar refractivity (Wildman–Crippen MR) is 97.2 cm³/mol. The second-order valence-electron chi connectivity index (χ2n) is 5.96. The highest BCUT2D eigenvalue weighted by molar-refractivity contribution is 9.10. The van der Waals surface area contributed by atoms with E-state index in [1.807, 2.05) is 6.92 Å². The molecule has 26 heavy (non-hydrogen) atoms. The van der Waals surface area contributed by atoms with Gasteiger partial charge in [-0.2, -0.15) is 5.10 Å². The molecule has 1 aromatic heterocycles. The van der Waals surface area contributed by atoms with Gasteiger partial charge in [0.1, 0.15) is 5.56 Å². The van der Waals surface area contributed by atoms with Gasteiger partial charge in [-0.3, -0.25) is 14.8 Å². The van der Waals surface area contributed by atoms with Gasteiger partial charge in [-0.25, -0.2) is 4.79 Å². The Morgan fingerprint density at radius 3 is 2.92 bits per heavy atom. The van der Waals surface area contributed by atoms with Crippen LogP contribution >= 0.6 is 15.9 Å². The number of esters is 1. The van der Waals surface area contributed by atoms with Gasteiger partial charge >= 0.3 is 5.97 Å². The van der Waals surface area contributed by atoms with Crippen molar-refractivity contribution in [2.45, 2.75) is 26.3 Å². The molecule has 0 N–H and O–H groups in total. The number of hydrogen-bond acceptors (Lipinski definition) is 6. The number of carbonyl (C=O) groups excluding carboxylic acids is 1. The Kier molecular flexibility index (Phi) is 5.38. The molecule has 3 rings (SSSR count). The summed E-state index contributed by atoms with van der Waals surface area (Å²) in [6.07, 6.45) is 2.13. The molecule has 1 aromatic carbocycles. The number of aryl methyl sites for hydroxylation is 1. The molecule has 1 aliphatic heterocycles. The lowest BCUT2D eigenvalue weighted by Crippen LogP contribution is -2.14. The Hall–Kier alpha value is -2.26. The molecule has 2 heterocycles. The molecule has 8 nitrogen and oxygen atoms in total. The van der Waals surface area contributed by atoms with Crippen molar-refractivity contribution in [1.29, 1.82) is 0 Å². The van der Waals surface area contributed by atoms with E-state index in [9.17, 15) is 14.9 Å². The molecule has 138 valence electrons. The standard InChI is InChI=1S/C17H18BrN3O5/c1-3-26-17(22)13-8-19-20(11-4-5-25-9-11)16(13)12-6-10(2)14(18)7-15(12)21(23)24/h6-8,11H,3-5,9H2,1-2H3/t11-/m0/s1. The molecule has 0 saturated carbocycles. The van der Waals surface area contributed by atoms with Crippen molar-refractivity contribution in [2.24, 2.45) is 0 Å². The van der Waals surface area contributed by atoms with Gasteiger partial charge in [-0.1, -0.05) is 15.9 Å². The largest absolute Gasteiger partial charge is 0.462 e. The minimum atomic E-state index is -0.553. The van der Waals surface area contributed by atoms with Crippen LogP contribution in [0.5, 0.6) is 0 Å². The van der Waals surface area contributed by atoms with E-state index in [1.54, 1.807) is 17.7 Å². The third kappa shape index (κ3) is 3.36. The zero-order valence-electron chi connectivity index (χ0n) is 14.4. The lowest BCUT2D eigenvalue weighted by Gasteiger charge is -2.15. The number of carbonyl (C=O) groups is 1. The number of nitro benzene ring substituents is 1. The minimum absolute atomic E-state index is 0.0864. The number of nitrogens with zero attached hydrogens (tertiary/aromatic N) is 3. The van der Waals surface area contributed by atoms with Gasteiger partial charge in [0.2, 0.25) is 0 Å². The van der Waals surface area contributed by atoms with Crippen LogP contribution in [0.2, 0.25) is 0 Å². The summed E-state index contributed by atoms with van der Waals surface area (Å²) in [5, 5.41) is 16.0. The normalized spacial score (nSPS) is 16.7.